The normalized spacial score (nSPS) is 12.3. The fourth-order valence-electron chi connectivity index (χ4n) is 2.45. The van der Waals surface area contributed by atoms with Gasteiger partial charge in [-0.15, -0.1) is 10.2 Å². The number of aromatic nitrogens is 2. The lowest BCUT2D eigenvalue weighted by Crippen LogP contribution is -2.23. The van der Waals surface area contributed by atoms with E-state index in [1.807, 2.05) is 0 Å². The highest BCUT2D eigenvalue weighted by Crippen LogP contribution is 2.36. The van der Waals surface area contributed by atoms with Crippen molar-refractivity contribution in [2.75, 3.05) is 18.5 Å². The number of halogens is 1. The molecule has 3 aromatic rings. The Balaban J connectivity index is 2.12. The maximum atomic E-state index is 14.2. The number of rotatable bonds is 5. The lowest BCUT2D eigenvalue weighted by atomic mass is 10.0. The Bertz CT molecular complexity index is 853. The Morgan fingerprint density at radius 3 is 2.50 bits per heavy atom. The summed E-state index contributed by atoms with van der Waals surface area (Å²) in [5.41, 5.74) is 0.220. The minimum absolute atomic E-state index is 0.0110. The van der Waals surface area contributed by atoms with Crippen LogP contribution in [0.25, 0.3) is 22.0 Å². The van der Waals surface area contributed by atoms with Crippen LogP contribution in [0.4, 0.5) is 10.2 Å². The molecule has 3 rings (SSSR count). The Kier molecular flexibility index (Phi) is 4.54. The molecule has 0 radical (unpaired) electrons. The van der Waals surface area contributed by atoms with Crippen LogP contribution in [0.2, 0.25) is 0 Å². The van der Waals surface area contributed by atoms with E-state index >= 15 is 0 Å². The van der Waals surface area contributed by atoms with Crippen molar-refractivity contribution in [3.8, 4) is 17.0 Å². The van der Waals surface area contributed by atoms with Gasteiger partial charge in [0.15, 0.2) is 5.82 Å². The molecule has 6 nitrogen and oxygen atoms in total. The van der Waals surface area contributed by atoms with Crippen LogP contribution in [0.3, 0.4) is 0 Å². The molecule has 0 fully saturated rings. The first-order valence-electron chi connectivity index (χ1n) is 7.38. The van der Waals surface area contributed by atoms with Gasteiger partial charge in [-0.05, 0) is 12.1 Å². The number of aliphatic hydroxyl groups excluding tert-OH is 2. The van der Waals surface area contributed by atoms with E-state index in [2.05, 4.69) is 15.5 Å². The van der Waals surface area contributed by atoms with Crippen molar-refractivity contribution < 1.29 is 19.7 Å². The molecule has 0 saturated carbocycles. The van der Waals surface area contributed by atoms with Crippen LogP contribution in [-0.4, -0.2) is 44.8 Å². The summed E-state index contributed by atoms with van der Waals surface area (Å²) in [6.07, 6.45) is -0.930. The molecule has 0 spiro atoms. The molecule has 24 heavy (non-hydrogen) atoms. The van der Waals surface area contributed by atoms with Gasteiger partial charge in [0.25, 0.3) is 0 Å². The minimum atomic E-state index is -0.930. The van der Waals surface area contributed by atoms with E-state index in [-0.39, 0.29) is 30.2 Å². The predicted molar refractivity (Wildman–Crippen MR) is 88.2 cm³/mol. The zero-order valence-corrected chi connectivity index (χ0v) is 12.6. The molecule has 7 heteroatoms. The van der Waals surface area contributed by atoms with Gasteiger partial charge in [0.1, 0.15) is 17.3 Å². The number of fused-ring (bicyclic) bond motifs is 1. The first kappa shape index (κ1) is 16.1. The maximum absolute atomic E-state index is 14.2. The fraction of sp³-hybridized carbons (Fsp3) is 0.176. The van der Waals surface area contributed by atoms with Crippen LogP contribution in [0.15, 0.2) is 42.5 Å². The summed E-state index contributed by atoms with van der Waals surface area (Å²) in [4.78, 5) is 0. The molecule has 0 aliphatic heterocycles. The average Bonchev–Trinajstić information content (AvgIpc) is 2.60. The van der Waals surface area contributed by atoms with Crippen LogP contribution in [0.1, 0.15) is 0 Å². The maximum Gasteiger partial charge on any atom is 0.156 e. The molecule has 4 N–H and O–H groups in total. The molecule has 0 saturated heterocycles. The van der Waals surface area contributed by atoms with Crippen LogP contribution >= 0.6 is 0 Å². The van der Waals surface area contributed by atoms with Crippen molar-refractivity contribution in [3.05, 3.63) is 48.3 Å². The first-order valence-corrected chi connectivity index (χ1v) is 7.38. The van der Waals surface area contributed by atoms with Crippen LogP contribution in [-0.2, 0) is 0 Å². The van der Waals surface area contributed by atoms with Crippen LogP contribution in [0, 0.1) is 5.82 Å². The number of nitrogens with one attached hydrogen (secondary N) is 1. The van der Waals surface area contributed by atoms with Crippen LogP contribution < -0.4 is 5.32 Å². The van der Waals surface area contributed by atoms with Gasteiger partial charge in [0.2, 0.25) is 0 Å². The molecule has 2 aromatic carbocycles. The summed E-state index contributed by atoms with van der Waals surface area (Å²) in [7, 11) is 0. The lowest BCUT2D eigenvalue weighted by molar-refractivity contribution is 0.105. The molecule has 1 aromatic heterocycles. The van der Waals surface area contributed by atoms with Crippen molar-refractivity contribution in [2.24, 2.45) is 0 Å². The zero-order valence-electron chi connectivity index (χ0n) is 12.6. The summed E-state index contributed by atoms with van der Waals surface area (Å²) in [5.74, 6) is -0.408. The number of hydrogen-bond acceptors (Lipinski definition) is 6. The van der Waals surface area contributed by atoms with Gasteiger partial charge in [-0.1, -0.05) is 30.3 Å². The number of aromatic hydroxyl groups is 1. The Morgan fingerprint density at radius 1 is 1.04 bits per heavy atom. The Hall–Kier alpha value is -2.77. The predicted octanol–water partition coefficient (Wildman–Crippen LogP) is 1.91. The number of nitrogens with zero attached hydrogens (tertiary/aromatic N) is 2. The number of phenols is 1. The molecule has 0 amide bonds. The van der Waals surface area contributed by atoms with Crippen LogP contribution in [0.5, 0.6) is 5.75 Å². The summed E-state index contributed by atoms with van der Waals surface area (Å²) in [5, 5.41) is 40.6. The third kappa shape index (κ3) is 2.99. The Morgan fingerprint density at radius 2 is 1.79 bits per heavy atom. The monoisotopic (exact) mass is 329 g/mol. The molecule has 0 bridgehead atoms. The van der Waals surface area contributed by atoms with Gasteiger partial charge in [-0.2, -0.15) is 0 Å². The molecular weight excluding hydrogens is 313 g/mol. The van der Waals surface area contributed by atoms with Gasteiger partial charge < -0.3 is 20.6 Å². The van der Waals surface area contributed by atoms with E-state index in [4.69, 9.17) is 5.11 Å². The van der Waals surface area contributed by atoms with E-state index in [1.54, 1.807) is 24.3 Å². The smallest absolute Gasteiger partial charge is 0.156 e. The number of phenolic OH excluding ortho intramolecular Hbond substituents is 1. The van der Waals surface area contributed by atoms with Gasteiger partial charge in [-0.25, -0.2) is 4.39 Å². The van der Waals surface area contributed by atoms with Gasteiger partial charge >= 0.3 is 0 Å². The highest BCUT2D eigenvalue weighted by atomic mass is 19.1. The first-order chi connectivity index (χ1) is 11.6. The van der Waals surface area contributed by atoms with E-state index in [1.165, 1.54) is 18.2 Å². The molecule has 0 aliphatic rings. The summed E-state index contributed by atoms with van der Waals surface area (Å²) in [6.45, 7) is -0.279. The van der Waals surface area contributed by atoms with E-state index in [9.17, 15) is 14.6 Å². The van der Waals surface area contributed by atoms with Crippen molar-refractivity contribution in [1.29, 1.82) is 0 Å². The molecule has 1 heterocycles. The summed E-state index contributed by atoms with van der Waals surface area (Å²) < 4.78 is 14.2. The summed E-state index contributed by atoms with van der Waals surface area (Å²) in [6, 6.07) is 11.1. The van der Waals surface area contributed by atoms with Gasteiger partial charge in [0, 0.05) is 17.3 Å². The molecule has 1 atom stereocenters. The number of benzene rings is 2. The lowest BCUT2D eigenvalue weighted by Gasteiger charge is -2.13. The Labute approximate surface area is 137 Å². The standard InChI is InChI=1S/C17H16FN3O3/c18-13-6-3-7-14(24)15(13)16-11-4-1-2-5-12(11)17(21-20-16)19-8-10(23)9-22/h1-7,10,22-24H,8-9H2,(H,19,21)/t10-/m1/s1. The SMILES string of the molecule is OC[C@H](O)CNc1nnc(-c2c(O)cccc2F)c2ccccc12. The number of aliphatic hydroxyl groups is 2. The largest absolute Gasteiger partial charge is 0.507 e. The van der Waals surface area contributed by atoms with E-state index in [0.717, 1.165) is 0 Å². The highest BCUT2D eigenvalue weighted by Gasteiger charge is 2.17. The number of anilines is 1. The quantitative estimate of drug-likeness (QED) is 0.571. The van der Waals surface area contributed by atoms with Crippen molar-refractivity contribution in [3.63, 3.8) is 0 Å². The molecule has 0 aliphatic carbocycles. The third-order valence-corrected chi connectivity index (χ3v) is 3.63. The average molecular weight is 329 g/mol. The zero-order chi connectivity index (χ0) is 17.1. The minimum Gasteiger partial charge on any atom is -0.507 e. The molecule has 0 unspecified atom stereocenters. The highest BCUT2D eigenvalue weighted by molar-refractivity contribution is 6.00. The molecular formula is C17H16FN3O3. The second-order valence-electron chi connectivity index (χ2n) is 5.29. The van der Waals surface area contributed by atoms with Crippen molar-refractivity contribution >= 4 is 16.6 Å². The second kappa shape index (κ2) is 6.77. The third-order valence-electron chi connectivity index (χ3n) is 3.63. The van der Waals surface area contributed by atoms with Gasteiger partial charge in [0.05, 0.1) is 18.3 Å². The fourth-order valence-corrected chi connectivity index (χ4v) is 2.45. The topological polar surface area (TPSA) is 98.5 Å². The second-order valence-corrected chi connectivity index (χ2v) is 5.29. The van der Waals surface area contributed by atoms with Gasteiger partial charge in [-0.3, -0.25) is 0 Å². The van der Waals surface area contributed by atoms with E-state index in [0.29, 0.717) is 16.6 Å². The summed E-state index contributed by atoms with van der Waals surface area (Å²) >= 11 is 0. The molecule has 124 valence electrons. The van der Waals surface area contributed by atoms with Crippen molar-refractivity contribution in [1.82, 2.24) is 10.2 Å². The number of hydrogen-bond donors (Lipinski definition) is 4. The van der Waals surface area contributed by atoms with E-state index < -0.39 is 11.9 Å². The van der Waals surface area contributed by atoms with Crippen molar-refractivity contribution in [2.45, 2.75) is 6.10 Å².